The lowest BCUT2D eigenvalue weighted by molar-refractivity contribution is -0.122. The van der Waals surface area contributed by atoms with Crippen LogP contribution in [0.15, 0.2) is 82.6 Å². The molecule has 2 aliphatic rings. The summed E-state index contributed by atoms with van der Waals surface area (Å²) in [5, 5.41) is 3.01. The fourth-order valence-corrected chi connectivity index (χ4v) is 5.02. The van der Waals surface area contributed by atoms with Crippen molar-refractivity contribution in [2.24, 2.45) is 0 Å². The molecule has 6 nitrogen and oxygen atoms in total. The summed E-state index contributed by atoms with van der Waals surface area (Å²) in [6.07, 6.45) is 1.87. The smallest absolute Gasteiger partial charge is 0.265 e. The van der Waals surface area contributed by atoms with Gasteiger partial charge in [0.15, 0.2) is 11.5 Å². The van der Waals surface area contributed by atoms with Crippen LogP contribution in [0, 0.1) is 0 Å². The van der Waals surface area contributed by atoms with E-state index in [1.807, 2.05) is 85.8 Å². The van der Waals surface area contributed by atoms with Crippen LogP contribution >= 0.6 is 11.8 Å². The maximum Gasteiger partial charge on any atom is 0.265 e. The number of hydrogen-bond acceptors (Lipinski definition) is 5. The Morgan fingerprint density at radius 3 is 2.59 bits per heavy atom. The van der Waals surface area contributed by atoms with Crippen LogP contribution in [0.25, 0.3) is 6.08 Å². The normalized spacial score (nSPS) is 16.7. The Hall–Kier alpha value is -3.71. The number of rotatable bonds is 5. The van der Waals surface area contributed by atoms with E-state index in [1.165, 1.54) is 11.8 Å². The van der Waals surface area contributed by atoms with Crippen LogP contribution in [0.2, 0.25) is 0 Å². The Morgan fingerprint density at radius 1 is 1.03 bits per heavy atom. The lowest BCUT2D eigenvalue weighted by Gasteiger charge is -2.30. The van der Waals surface area contributed by atoms with Crippen molar-refractivity contribution in [1.82, 2.24) is 5.32 Å². The first kappa shape index (κ1) is 22.1. The van der Waals surface area contributed by atoms with Gasteiger partial charge in [0.1, 0.15) is 19.8 Å². The number of anilines is 1. The molecule has 0 radical (unpaired) electrons. The minimum Gasteiger partial charge on any atom is -0.486 e. The van der Waals surface area contributed by atoms with Gasteiger partial charge in [-0.2, -0.15) is 0 Å². The summed E-state index contributed by atoms with van der Waals surface area (Å²) in [6, 6.07) is 22.8. The number of benzene rings is 3. The summed E-state index contributed by atoms with van der Waals surface area (Å²) in [5.74, 6) is 0.961. The van der Waals surface area contributed by atoms with Gasteiger partial charge < -0.3 is 14.8 Å². The first-order chi connectivity index (χ1) is 16.6. The molecule has 0 spiro atoms. The molecule has 2 aliphatic heterocycles. The van der Waals surface area contributed by atoms with Crippen molar-refractivity contribution in [3.05, 3.63) is 88.8 Å². The van der Waals surface area contributed by atoms with Crippen LogP contribution in [-0.4, -0.2) is 31.6 Å². The standard InChI is InChI=1S/C27H24N2O4S/c1-18(20-11-12-22-23(16-20)33-14-13-32-22)28-26(30)17-29-21-9-5-6-10-24(21)34-25(27(29)31)15-19-7-3-2-4-8-19/h2-12,15-16,18H,13-14,17H2,1H3,(H,28,30). The number of carbonyl (C=O) groups excluding carboxylic acids is 2. The number of nitrogens with zero attached hydrogens (tertiary/aromatic N) is 1. The maximum atomic E-state index is 13.4. The summed E-state index contributed by atoms with van der Waals surface area (Å²) in [5.41, 5.74) is 2.59. The van der Waals surface area contributed by atoms with Gasteiger partial charge in [-0.3, -0.25) is 14.5 Å². The number of amides is 2. The highest BCUT2D eigenvalue weighted by atomic mass is 32.2. The third kappa shape index (κ3) is 4.65. The third-order valence-electron chi connectivity index (χ3n) is 5.67. The Morgan fingerprint density at radius 2 is 1.76 bits per heavy atom. The molecule has 1 N–H and O–H groups in total. The van der Waals surface area contributed by atoms with Crippen LogP contribution in [-0.2, 0) is 9.59 Å². The van der Waals surface area contributed by atoms with Gasteiger partial charge in [-0.15, -0.1) is 0 Å². The molecule has 5 rings (SSSR count). The van der Waals surface area contributed by atoms with Crippen molar-refractivity contribution < 1.29 is 19.1 Å². The van der Waals surface area contributed by atoms with Crippen LogP contribution in [0.5, 0.6) is 11.5 Å². The molecule has 2 heterocycles. The second kappa shape index (κ2) is 9.65. The molecule has 2 amide bonds. The minimum atomic E-state index is -0.257. The van der Waals surface area contributed by atoms with Crippen LogP contribution in [0.4, 0.5) is 5.69 Å². The fraction of sp³-hybridized carbons (Fsp3) is 0.185. The molecule has 1 atom stereocenters. The van der Waals surface area contributed by atoms with Crippen LogP contribution < -0.4 is 19.7 Å². The summed E-state index contributed by atoms with van der Waals surface area (Å²) in [6.45, 7) is 2.87. The SMILES string of the molecule is CC(NC(=O)CN1C(=O)C(=Cc2ccccc2)Sc2ccccc21)c1ccc2c(c1)OCCO2. The number of hydrogen-bond donors (Lipinski definition) is 1. The van der Waals surface area contributed by atoms with Gasteiger partial charge in [-0.1, -0.05) is 60.3 Å². The molecule has 0 fully saturated rings. The quantitative estimate of drug-likeness (QED) is 0.540. The summed E-state index contributed by atoms with van der Waals surface area (Å²) in [7, 11) is 0. The van der Waals surface area contributed by atoms with Gasteiger partial charge in [-0.25, -0.2) is 0 Å². The predicted molar refractivity (Wildman–Crippen MR) is 133 cm³/mol. The van der Waals surface area contributed by atoms with Crippen molar-refractivity contribution >= 4 is 35.3 Å². The van der Waals surface area contributed by atoms with E-state index in [-0.39, 0.29) is 24.4 Å². The third-order valence-corrected chi connectivity index (χ3v) is 6.75. The molecule has 0 saturated carbocycles. The Bertz CT molecular complexity index is 1260. The maximum absolute atomic E-state index is 13.4. The average Bonchev–Trinajstić information content (AvgIpc) is 2.87. The number of carbonyl (C=O) groups is 2. The van der Waals surface area contributed by atoms with E-state index in [9.17, 15) is 9.59 Å². The largest absolute Gasteiger partial charge is 0.486 e. The number of nitrogens with one attached hydrogen (secondary N) is 1. The number of para-hydroxylation sites is 1. The van der Waals surface area contributed by atoms with Crippen LogP contribution in [0.3, 0.4) is 0 Å². The van der Waals surface area contributed by atoms with Crippen molar-refractivity contribution in [3.8, 4) is 11.5 Å². The summed E-state index contributed by atoms with van der Waals surface area (Å²) < 4.78 is 11.2. The van der Waals surface area contributed by atoms with E-state index >= 15 is 0 Å². The monoisotopic (exact) mass is 472 g/mol. The highest BCUT2D eigenvalue weighted by Crippen LogP contribution is 2.42. The molecule has 0 bridgehead atoms. The molecule has 0 aromatic heterocycles. The minimum absolute atomic E-state index is 0.0720. The van der Waals surface area contributed by atoms with Crippen molar-refractivity contribution in [3.63, 3.8) is 0 Å². The zero-order valence-corrected chi connectivity index (χ0v) is 19.5. The molecule has 34 heavy (non-hydrogen) atoms. The van der Waals surface area contributed by atoms with Gasteiger partial charge >= 0.3 is 0 Å². The van der Waals surface area contributed by atoms with Gasteiger partial charge in [0.2, 0.25) is 5.91 Å². The topological polar surface area (TPSA) is 67.9 Å². The lowest BCUT2D eigenvalue weighted by atomic mass is 10.1. The highest BCUT2D eigenvalue weighted by molar-refractivity contribution is 8.04. The number of ether oxygens (including phenoxy) is 2. The van der Waals surface area contributed by atoms with E-state index in [2.05, 4.69) is 5.32 Å². The second-order valence-corrected chi connectivity index (χ2v) is 9.16. The zero-order chi connectivity index (χ0) is 23.5. The molecule has 0 saturated heterocycles. The van der Waals surface area contributed by atoms with E-state index in [0.717, 1.165) is 21.7 Å². The summed E-state index contributed by atoms with van der Waals surface area (Å²) >= 11 is 1.43. The number of thioether (sulfide) groups is 1. The van der Waals surface area contributed by atoms with E-state index in [4.69, 9.17) is 9.47 Å². The van der Waals surface area contributed by atoms with Crippen molar-refractivity contribution in [2.45, 2.75) is 17.9 Å². The zero-order valence-electron chi connectivity index (χ0n) is 18.7. The average molecular weight is 473 g/mol. The van der Waals surface area contributed by atoms with Gasteiger partial charge in [-0.05, 0) is 48.4 Å². The Kier molecular flexibility index (Phi) is 6.27. The molecule has 7 heteroatoms. The molecule has 0 aliphatic carbocycles. The Balaban J connectivity index is 1.34. The predicted octanol–water partition coefficient (Wildman–Crippen LogP) is 4.82. The van der Waals surface area contributed by atoms with Crippen molar-refractivity contribution in [1.29, 1.82) is 0 Å². The molecular formula is C27H24N2O4S. The lowest BCUT2D eigenvalue weighted by Crippen LogP contribution is -2.43. The molecule has 3 aromatic rings. The van der Waals surface area contributed by atoms with Crippen LogP contribution in [0.1, 0.15) is 24.1 Å². The first-order valence-corrected chi connectivity index (χ1v) is 11.9. The van der Waals surface area contributed by atoms with E-state index in [1.54, 1.807) is 4.90 Å². The summed E-state index contributed by atoms with van der Waals surface area (Å²) in [4.78, 5) is 29.5. The molecular weight excluding hydrogens is 448 g/mol. The fourth-order valence-electron chi connectivity index (χ4n) is 3.96. The van der Waals surface area contributed by atoms with Gasteiger partial charge in [0.25, 0.3) is 5.91 Å². The van der Waals surface area contributed by atoms with Gasteiger partial charge in [0.05, 0.1) is 16.6 Å². The Labute approximate surface area is 202 Å². The first-order valence-electron chi connectivity index (χ1n) is 11.1. The van der Waals surface area contributed by atoms with Gasteiger partial charge in [0, 0.05) is 4.90 Å². The highest BCUT2D eigenvalue weighted by Gasteiger charge is 2.30. The molecule has 1 unspecified atom stereocenters. The second-order valence-electron chi connectivity index (χ2n) is 8.07. The van der Waals surface area contributed by atoms with Crippen molar-refractivity contribution in [2.75, 3.05) is 24.7 Å². The van der Waals surface area contributed by atoms with E-state index < -0.39 is 0 Å². The number of fused-ring (bicyclic) bond motifs is 2. The molecule has 172 valence electrons. The van der Waals surface area contributed by atoms with E-state index in [0.29, 0.717) is 29.6 Å². The molecule has 3 aromatic carbocycles.